The average Bonchev–Trinajstić information content (AvgIpc) is 2.47. The van der Waals surface area contributed by atoms with Gasteiger partial charge in [-0.25, -0.2) is 0 Å². The van der Waals surface area contributed by atoms with Crippen molar-refractivity contribution < 1.29 is 14.3 Å². The van der Waals surface area contributed by atoms with Gasteiger partial charge in [0, 0.05) is 25.9 Å². The van der Waals surface area contributed by atoms with Gasteiger partial charge in [-0.1, -0.05) is 19.8 Å². The Morgan fingerprint density at radius 3 is 2.78 bits per heavy atom. The monoisotopic (exact) mass is 252 g/mol. The maximum absolute atomic E-state index is 11.1. The summed E-state index contributed by atoms with van der Waals surface area (Å²) in [7, 11) is 1.82. The van der Waals surface area contributed by atoms with Crippen LogP contribution in [0.15, 0.2) is 11.8 Å². The molecule has 0 aliphatic heterocycles. The highest BCUT2D eigenvalue weighted by Gasteiger charge is 2.44. The topological polar surface area (TPSA) is 35.5 Å². The van der Waals surface area contributed by atoms with Gasteiger partial charge in [0.25, 0.3) is 0 Å². The molecule has 0 heterocycles. The van der Waals surface area contributed by atoms with Gasteiger partial charge in [-0.2, -0.15) is 0 Å². The largest absolute Gasteiger partial charge is 0.432 e. The zero-order valence-electron chi connectivity index (χ0n) is 11.7. The van der Waals surface area contributed by atoms with E-state index in [0.717, 1.165) is 25.0 Å². The second-order valence-corrected chi connectivity index (χ2v) is 5.85. The van der Waals surface area contributed by atoms with E-state index in [1.54, 1.807) is 0 Å². The van der Waals surface area contributed by atoms with Crippen molar-refractivity contribution in [2.45, 2.75) is 58.5 Å². The lowest BCUT2D eigenvalue weighted by Crippen LogP contribution is -2.40. The zero-order valence-corrected chi connectivity index (χ0v) is 11.7. The second kappa shape index (κ2) is 5.43. The van der Waals surface area contributed by atoms with E-state index in [2.05, 4.69) is 13.0 Å². The number of ether oxygens (including phenoxy) is 2. The van der Waals surface area contributed by atoms with Gasteiger partial charge < -0.3 is 9.47 Å². The Bertz CT molecular complexity index is 348. The number of carbonyl (C=O) groups is 1. The van der Waals surface area contributed by atoms with Crippen LogP contribution in [-0.2, 0) is 14.3 Å². The number of esters is 1. The molecule has 18 heavy (non-hydrogen) atoms. The summed E-state index contributed by atoms with van der Waals surface area (Å²) in [6, 6.07) is 0. The molecule has 0 amide bonds. The molecule has 1 saturated carbocycles. The minimum Gasteiger partial charge on any atom is -0.432 e. The van der Waals surface area contributed by atoms with Gasteiger partial charge >= 0.3 is 5.97 Å². The molecule has 3 heteroatoms. The van der Waals surface area contributed by atoms with Crippen LogP contribution in [0.4, 0.5) is 0 Å². The fourth-order valence-electron chi connectivity index (χ4n) is 3.57. The normalized spacial score (nSPS) is 36.3. The minimum atomic E-state index is -0.207. The van der Waals surface area contributed by atoms with Crippen molar-refractivity contribution in [3.8, 4) is 0 Å². The molecule has 2 aliphatic rings. The number of methoxy groups -OCH3 is 1. The Morgan fingerprint density at radius 1 is 1.39 bits per heavy atom. The molecule has 1 fully saturated rings. The van der Waals surface area contributed by atoms with Gasteiger partial charge in [-0.05, 0) is 31.3 Å². The van der Waals surface area contributed by atoms with Crippen molar-refractivity contribution in [2.75, 3.05) is 7.11 Å². The number of rotatable bonds is 2. The smallest absolute Gasteiger partial charge is 0.307 e. The molecule has 102 valence electrons. The third kappa shape index (κ3) is 2.61. The lowest BCUT2D eigenvalue weighted by molar-refractivity contribution is -0.137. The van der Waals surface area contributed by atoms with E-state index < -0.39 is 0 Å². The van der Waals surface area contributed by atoms with Crippen LogP contribution in [0.1, 0.15) is 52.4 Å². The summed E-state index contributed by atoms with van der Waals surface area (Å²) in [5.41, 5.74) is 0.203. The molecule has 0 unspecified atom stereocenters. The van der Waals surface area contributed by atoms with Crippen LogP contribution in [0.25, 0.3) is 0 Å². The van der Waals surface area contributed by atoms with E-state index in [4.69, 9.17) is 9.47 Å². The van der Waals surface area contributed by atoms with Crippen molar-refractivity contribution in [1.29, 1.82) is 0 Å². The Balaban J connectivity index is 2.20. The van der Waals surface area contributed by atoms with Crippen LogP contribution >= 0.6 is 0 Å². The van der Waals surface area contributed by atoms with E-state index in [0.29, 0.717) is 12.0 Å². The molecule has 0 radical (unpaired) electrons. The van der Waals surface area contributed by atoms with E-state index in [9.17, 15) is 4.79 Å². The van der Waals surface area contributed by atoms with E-state index in [1.807, 2.05) is 7.11 Å². The zero-order chi connectivity index (χ0) is 13.2. The molecule has 0 saturated heterocycles. The van der Waals surface area contributed by atoms with Gasteiger partial charge in [0.1, 0.15) is 5.76 Å². The average molecular weight is 252 g/mol. The third-order valence-electron chi connectivity index (χ3n) is 4.67. The fraction of sp³-hybridized carbons (Fsp3) is 0.800. The van der Waals surface area contributed by atoms with Crippen molar-refractivity contribution >= 4 is 5.97 Å². The minimum absolute atomic E-state index is 0.203. The van der Waals surface area contributed by atoms with Gasteiger partial charge in [-0.3, -0.25) is 4.79 Å². The number of allylic oxidation sites excluding steroid dienone is 2. The predicted molar refractivity (Wildman–Crippen MR) is 69.9 cm³/mol. The molecular formula is C15H24O3. The molecule has 0 N–H and O–H groups in total. The highest BCUT2D eigenvalue weighted by atomic mass is 16.5. The third-order valence-corrected chi connectivity index (χ3v) is 4.67. The first-order valence-electron chi connectivity index (χ1n) is 6.98. The van der Waals surface area contributed by atoms with Crippen molar-refractivity contribution in [3.05, 3.63) is 11.8 Å². The maximum atomic E-state index is 11.1. The van der Waals surface area contributed by atoms with E-state index in [-0.39, 0.29) is 11.4 Å². The standard InChI is InChI=1S/C15H24O3/c1-11(16)18-13-8-9-15(2)12(10-13)6-4-5-7-14(15)17-3/h10,12,14H,4-9H2,1-3H3/t12-,14-,15+/m1/s1. The molecule has 0 aromatic rings. The van der Waals surface area contributed by atoms with Crippen LogP contribution in [-0.4, -0.2) is 19.2 Å². The van der Waals surface area contributed by atoms with Crippen molar-refractivity contribution in [3.63, 3.8) is 0 Å². The first kappa shape index (κ1) is 13.6. The Kier molecular flexibility index (Phi) is 4.10. The van der Waals surface area contributed by atoms with E-state index in [1.165, 1.54) is 26.2 Å². The molecule has 0 bridgehead atoms. The maximum Gasteiger partial charge on any atom is 0.307 e. The lowest BCUT2D eigenvalue weighted by atomic mass is 9.66. The molecule has 0 spiro atoms. The van der Waals surface area contributed by atoms with Crippen LogP contribution < -0.4 is 0 Å². The number of carbonyl (C=O) groups excluding carboxylic acids is 1. The Morgan fingerprint density at radius 2 is 2.11 bits per heavy atom. The number of hydrogen-bond donors (Lipinski definition) is 0. The summed E-state index contributed by atoms with van der Waals surface area (Å²) >= 11 is 0. The summed E-state index contributed by atoms with van der Waals surface area (Å²) < 4.78 is 11.0. The summed E-state index contributed by atoms with van der Waals surface area (Å²) in [4.78, 5) is 11.1. The summed E-state index contributed by atoms with van der Waals surface area (Å²) in [5, 5.41) is 0. The van der Waals surface area contributed by atoms with E-state index >= 15 is 0 Å². The summed E-state index contributed by atoms with van der Waals surface area (Å²) in [6.07, 6.45) is 9.23. The molecule has 2 rings (SSSR count). The molecule has 0 aromatic carbocycles. The fourth-order valence-corrected chi connectivity index (χ4v) is 3.57. The molecular weight excluding hydrogens is 228 g/mol. The van der Waals surface area contributed by atoms with Crippen LogP contribution in [0.3, 0.4) is 0 Å². The van der Waals surface area contributed by atoms with Crippen molar-refractivity contribution in [1.82, 2.24) is 0 Å². The van der Waals surface area contributed by atoms with Crippen LogP contribution in [0.5, 0.6) is 0 Å². The van der Waals surface area contributed by atoms with Crippen LogP contribution in [0.2, 0.25) is 0 Å². The van der Waals surface area contributed by atoms with Gasteiger partial charge in [-0.15, -0.1) is 0 Å². The highest BCUT2D eigenvalue weighted by molar-refractivity contribution is 5.67. The Hall–Kier alpha value is -0.830. The molecule has 2 aliphatic carbocycles. The summed E-state index contributed by atoms with van der Waals surface area (Å²) in [6.45, 7) is 3.80. The first-order valence-corrected chi connectivity index (χ1v) is 6.98. The second-order valence-electron chi connectivity index (χ2n) is 5.85. The highest BCUT2D eigenvalue weighted by Crippen LogP contribution is 2.49. The molecule has 3 atom stereocenters. The quantitative estimate of drug-likeness (QED) is 0.706. The molecule has 0 aromatic heterocycles. The van der Waals surface area contributed by atoms with Gasteiger partial charge in [0.2, 0.25) is 0 Å². The SMILES string of the molecule is CO[C@@H]1CCCC[C@@H]2C=C(OC(C)=O)CC[C@@]21C. The van der Waals surface area contributed by atoms with Crippen LogP contribution in [0, 0.1) is 11.3 Å². The van der Waals surface area contributed by atoms with Crippen molar-refractivity contribution in [2.24, 2.45) is 11.3 Å². The number of fused-ring (bicyclic) bond motifs is 1. The molecule has 3 nitrogen and oxygen atoms in total. The van der Waals surface area contributed by atoms with Gasteiger partial charge in [0.05, 0.1) is 6.10 Å². The summed E-state index contributed by atoms with van der Waals surface area (Å²) in [5.74, 6) is 1.14. The Labute approximate surface area is 110 Å². The van der Waals surface area contributed by atoms with Gasteiger partial charge in [0.15, 0.2) is 0 Å². The predicted octanol–water partition coefficient (Wildman–Crippen LogP) is 3.44. The first-order chi connectivity index (χ1) is 8.56. The number of hydrogen-bond acceptors (Lipinski definition) is 3. The lowest BCUT2D eigenvalue weighted by Gasteiger charge is -2.43.